The number of anilines is 1. The van der Waals surface area contributed by atoms with Crippen molar-refractivity contribution in [3.8, 4) is 11.3 Å². The number of aromatic nitrogens is 2. The molecule has 1 spiro atoms. The summed E-state index contributed by atoms with van der Waals surface area (Å²) in [4.78, 5) is 2.55. The molecule has 8 nitrogen and oxygen atoms in total. The average molecular weight is 459 g/mol. The number of aryl methyl sites for hydroxylation is 1. The molecule has 0 N–H and O–H groups in total. The Balaban J connectivity index is 1.34. The summed E-state index contributed by atoms with van der Waals surface area (Å²) < 4.78 is 39.6. The lowest BCUT2D eigenvalue weighted by atomic mass is 10.0. The van der Waals surface area contributed by atoms with Crippen LogP contribution in [0.1, 0.15) is 37.7 Å². The largest absolute Gasteiger partial charge is 0.355 e. The molecule has 0 radical (unpaired) electrons. The first-order valence-electron chi connectivity index (χ1n) is 11.4. The Labute approximate surface area is 189 Å². The first-order valence-corrected chi connectivity index (χ1v) is 12.9. The van der Waals surface area contributed by atoms with Crippen LogP contribution >= 0.6 is 0 Å². The van der Waals surface area contributed by atoms with Gasteiger partial charge in [0, 0.05) is 44.6 Å². The normalized spacial score (nSPS) is 21.8. The maximum atomic E-state index is 13.2. The molecule has 5 rings (SSSR count). The number of hydrogen-bond donors (Lipinski definition) is 0. The summed E-state index contributed by atoms with van der Waals surface area (Å²) in [6.07, 6.45) is 4.55. The van der Waals surface area contributed by atoms with Gasteiger partial charge in [-0.05, 0) is 43.5 Å². The van der Waals surface area contributed by atoms with E-state index in [-0.39, 0.29) is 0 Å². The van der Waals surface area contributed by atoms with Crippen molar-refractivity contribution < 1.29 is 17.9 Å². The average Bonchev–Trinajstić information content (AvgIpc) is 3.28. The molecule has 9 heteroatoms. The molecular weight excluding hydrogens is 428 g/mol. The molecule has 3 saturated heterocycles. The molecule has 32 heavy (non-hydrogen) atoms. The van der Waals surface area contributed by atoms with Crippen molar-refractivity contribution in [1.82, 2.24) is 14.5 Å². The van der Waals surface area contributed by atoms with E-state index in [1.165, 1.54) is 0 Å². The molecule has 0 unspecified atom stereocenters. The molecule has 1 aromatic carbocycles. The fourth-order valence-corrected chi connectivity index (χ4v) is 6.56. The second-order valence-electron chi connectivity index (χ2n) is 8.82. The van der Waals surface area contributed by atoms with Gasteiger partial charge in [-0.2, -0.15) is 4.31 Å². The van der Waals surface area contributed by atoms with Gasteiger partial charge < -0.3 is 14.4 Å². The minimum absolute atomic E-state index is 0.362. The van der Waals surface area contributed by atoms with Crippen molar-refractivity contribution in [3.05, 3.63) is 35.9 Å². The summed E-state index contributed by atoms with van der Waals surface area (Å²) in [5, 5.41) is 8.85. The number of nitrogens with zero attached hydrogens (tertiary/aromatic N) is 4. The van der Waals surface area contributed by atoms with Crippen LogP contribution in [0.5, 0.6) is 0 Å². The third kappa shape index (κ3) is 4.14. The molecular formula is C23H30N4O4S. The van der Waals surface area contributed by atoms with E-state index >= 15 is 0 Å². The maximum Gasteiger partial charge on any atom is 0.243 e. The number of benzene rings is 1. The summed E-state index contributed by atoms with van der Waals surface area (Å²) in [5.74, 6) is 0.400. The minimum Gasteiger partial charge on any atom is -0.355 e. The van der Waals surface area contributed by atoms with E-state index in [2.05, 4.69) is 15.1 Å². The van der Waals surface area contributed by atoms with Gasteiger partial charge >= 0.3 is 0 Å². The van der Waals surface area contributed by atoms with Crippen molar-refractivity contribution in [3.63, 3.8) is 0 Å². The van der Waals surface area contributed by atoms with Gasteiger partial charge in [-0.25, -0.2) is 8.42 Å². The number of ether oxygens (including phenoxy) is 2. The van der Waals surface area contributed by atoms with Gasteiger partial charge in [0.05, 0.1) is 23.8 Å². The second kappa shape index (κ2) is 8.70. The Morgan fingerprint density at radius 1 is 0.906 bits per heavy atom. The van der Waals surface area contributed by atoms with Gasteiger partial charge in [0.15, 0.2) is 11.6 Å². The fraction of sp³-hybridized carbons (Fsp3) is 0.565. The molecule has 2 aromatic rings. The molecule has 0 atom stereocenters. The van der Waals surface area contributed by atoms with Crippen LogP contribution < -0.4 is 4.90 Å². The van der Waals surface area contributed by atoms with Crippen LogP contribution in [0.3, 0.4) is 0 Å². The predicted octanol–water partition coefficient (Wildman–Crippen LogP) is 2.97. The number of piperidine rings is 2. The van der Waals surface area contributed by atoms with E-state index in [0.717, 1.165) is 62.1 Å². The monoisotopic (exact) mass is 458 g/mol. The summed E-state index contributed by atoms with van der Waals surface area (Å²) in [7, 11) is -3.51. The van der Waals surface area contributed by atoms with Crippen LogP contribution in [0.25, 0.3) is 11.3 Å². The highest BCUT2D eigenvalue weighted by molar-refractivity contribution is 7.89. The molecule has 1 aromatic heterocycles. The van der Waals surface area contributed by atoms with E-state index in [1.54, 1.807) is 10.4 Å². The summed E-state index contributed by atoms with van der Waals surface area (Å²) in [6, 6.07) is 9.37. The van der Waals surface area contributed by atoms with Crippen LogP contribution in [0.15, 0.2) is 35.2 Å². The highest BCUT2D eigenvalue weighted by atomic mass is 32.2. The Hall–Kier alpha value is -2.07. The molecule has 3 aliphatic rings. The lowest BCUT2D eigenvalue weighted by molar-refractivity contribution is -0.169. The van der Waals surface area contributed by atoms with E-state index in [9.17, 15) is 8.42 Å². The topological polar surface area (TPSA) is 84.9 Å². The van der Waals surface area contributed by atoms with Gasteiger partial charge in [0.2, 0.25) is 10.0 Å². The number of sulfonamides is 1. The van der Waals surface area contributed by atoms with Crippen molar-refractivity contribution >= 4 is 15.8 Å². The zero-order valence-electron chi connectivity index (χ0n) is 18.5. The molecule has 0 saturated carbocycles. The fourth-order valence-electron chi connectivity index (χ4n) is 4.79. The molecule has 3 aliphatic heterocycles. The van der Waals surface area contributed by atoms with Gasteiger partial charge in [-0.15, -0.1) is 10.2 Å². The molecule has 3 fully saturated rings. The summed E-state index contributed by atoms with van der Waals surface area (Å²) in [6.45, 7) is 5.96. The van der Waals surface area contributed by atoms with E-state index in [1.807, 2.05) is 31.2 Å². The minimum atomic E-state index is -3.51. The molecule has 172 valence electrons. The standard InChI is InChI=1S/C23H30N4O4S/c1-18-5-6-19(17-21(18)32(28,29)27-11-3-2-4-12-27)20-7-8-22(25-24-20)26-13-9-23(10-14-26)30-15-16-31-23/h5-8,17H,2-4,9-16H2,1H3. The zero-order chi connectivity index (χ0) is 22.2. The maximum absolute atomic E-state index is 13.2. The summed E-state index contributed by atoms with van der Waals surface area (Å²) >= 11 is 0. The zero-order valence-corrected chi connectivity index (χ0v) is 19.3. The van der Waals surface area contributed by atoms with Crippen LogP contribution in [-0.4, -0.2) is 68.1 Å². The third-order valence-electron chi connectivity index (χ3n) is 6.73. The first-order chi connectivity index (χ1) is 15.5. The SMILES string of the molecule is Cc1ccc(-c2ccc(N3CCC4(CC3)OCCO4)nn2)cc1S(=O)(=O)N1CCCCC1. The third-order valence-corrected chi connectivity index (χ3v) is 8.77. The van der Waals surface area contributed by atoms with Crippen LogP contribution in [0.4, 0.5) is 5.82 Å². The van der Waals surface area contributed by atoms with E-state index in [4.69, 9.17) is 9.47 Å². The van der Waals surface area contributed by atoms with Crippen molar-refractivity contribution in [1.29, 1.82) is 0 Å². The van der Waals surface area contributed by atoms with E-state index < -0.39 is 15.8 Å². The molecule has 0 bridgehead atoms. The smallest absolute Gasteiger partial charge is 0.243 e. The Kier molecular flexibility index (Phi) is 5.92. The Bertz CT molecular complexity index is 1050. The first kappa shape index (κ1) is 21.8. The number of hydrogen-bond acceptors (Lipinski definition) is 7. The lowest BCUT2D eigenvalue weighted by Crippen LogP contribution is -2.45. The number of rotatable bonds is 4. The van der Waals surface area contributed by atoms with Crippen molar-refractivity contribution in [2.75, 3.05) is 44.3 Å². The van der Waals surface area contributed by atoms with Gasteiger partial charge in [0.1, 0.15) is 0 Å². The highest BCUT2D eigenvalue weighted by Crippen LogP contribution is 2.33. The summed E-state index contributed by atoms with van der Waals surface area (Å²) in [5.41, 5.74) is 2.18. The molecule has 0 aliphatic carbocycles. The Morgan fingerprint density at radius 2 is 1.62 bits per heavy atom. The van der Waals surface area contributed by atoms with Crippen LogP contribution in [0, 0.1) is 6.92 Å². The van der Waals surface area contributed by atoms with Gasteiger partial charge in [-0.1, -0.05) is 18.6 Å². The molecule has 0 amide bonds. The lowest BCUT2D eigenvalue weighted by Gasteiger charge is -2.37. The highest BCUT2D eigenvalue weighted by Gasteiger charge is 2.40. The van der Waals surface area contributed by atoms with Crippen molar-refractivity contribution in [2.24, 2.45) is 0 Å². The van der Waals surface area contributed by atoms with E-state index in [0.29, 0.717) is 36.9 Å². The van der Waals surface area contributed by atoms with Crippen LogP contribution in [-0.2, 0) is 19.5 Å². The Morgan fingerprint density at radius 3 is 2.28 bits per heavy atom. The quantitative estimate of drug-likeness (QED) is 0.696. The second-order valence-corrected chi connectivity index (χ2v) is 10.7. The van der Waals surface area contributed by atoms with Crippen molar-refractivity contribution in [2.45, 2.75) is 49.7 Å². The molecule has 4 heterocycles. The van der Waals surface area contributed by atoms with Gasteiger partial charge in [-0.3, -0.25) is 0 Å². The van der Waals surface area contributed by atoms with Crippen LogP contribution in [0.2, 0.25) is 0 Å². The van der Waals surface area contributed by atoms with Gasteiger partial charge in [0.25, 0.3) is 0 Å². The predicted molar refractivity (Wildman–Crippen MR) is 121 cm³/mol.